The Morgan fingerprint density at radius 1 is 0.262 bits per heavy atom. The van der Waals surface area contributed by atoms with E-state index in [4.69, 9.17) is 0 Å². The zero-order chi connectivity index (χ0) is 31.8. The predicted molar refractivity (Wildman–Crippen MR) is 150 cm³/mol. The minimum absolute atomic E-state index is 0.0639. The third-order valence-electron chi connectivity index (χ3n) is 9.08. The molecule has 6 N–H and O–H groups in total. The molecule has 1 aliphatic rings. The van der Waals surface area contributed by atoms with Gasteiger partial charge in [0, 0.05) is 0 Å². The molecule has 0 spiro atoms. The summed E-state index contributed by atoms with van der Waals surface area (Å²) in [5.74, 6) is -8.43. The van der Waals surface area contributed by atoms with Crippen molar-refractivity contribution in [3.63, 3.8) is 0 Å². The second kappa shape index (κ2) is 17.7. The van der Waals surface area contributed by atoms with Gasteiger partial charge in [0.15, 0.2) is 16.2 Å². The van der Waals surface area contributed by atoms with E-state index in [1.54, 1.807) is 0 Å². The molecule has 0 saturated heterocycles. The highest BCUT2D eigenvalue weighted by Gasteiger charge is 2.47. The van der Waals surface area contributed by atoms with E-state index in [0.29, 0.717) is 96.3 Å². The Morgan fingerprint density at radius 2 is 0.381 bits per heavy atom. The number of carboxylic acids is 6. The second-order valence-corrected chi connectivity index (χ2v) is 11.9. The van der Waals surface area contributed by atoms with Crippen LogP contribution < -0.4 is 0 Å². The van der Waals surface area contributed by atoms with E-state index in [1.807, 2.05) is 0 Å². The molecule has 1 saturated carbocycles. The first-order valence-corrected chi connectivity index (χ1v) is 15.2. The van der Waals surface area contributed by atoms with Crippen LogP contribution in [0.3, 0.4) is 0 Å². The van der Waals surface area contributed by atoms with Crippen LogP contribution in [0.2, 0.25) is 0 Å². The van der Waals surface area contributed by atoms with Crippen molar-refractivity contribution in [2.24, 2.45) is 16.2 Å². The van der Waals surface area contributed by atoms with E-state index in [2.05, 4.69) is 0 Å². The Morgan fingerprint density at radius 3 is 0.500 bits per heavy atom. The van der Waals surface area contributed by atoms with Gasteiger partial charge in [-0.05, 0) is 38.5 Å². The number of rotatable bonds is 6. The van der Waals surface area contributed by atoms with E-state index >= 15 is 0 Å². The molecule has 0 heterocycles. The summed E-state index contributed by atoms with van der Waals surface area (Å²) in [6.45, 7) is 0. The van der Waals surface area contributed by atoms with Gasteiger partial charge >= 0.3 is 35.8 Å². The Balaban J connectivity index is 3.04. The fraction of sp³-hybridized carbons (Fsp3) is 0.800. The standard InChI is InChI=1S/C30H48O12/c31-22(32)28(23(33)34)16-10-4-1-5-11-17-29(24(35)36,25(37)38)19-13-7-3-9-15-21-30(26(39)40,27(41)42)20-14-8-2-6-12-18-28/h1-21H2,(H,31,32)(H,33,34)(H,35,36)(H,37,38)(H,39,40)(H,41,42). The average Bonchev–Trinajstić information content (AvgIpc) is 2.90. The summed E-state index contributed by atoms with van der Waals surface area (Å²) >= 11 is 0. The highest BCUT2D eigenvalue weighted by Crippen LogP contribution is 2.36. The second-order valence-electron chi connectivity index (χ2n) is 11.9. The molecule has 1 aliphatic carbocycles. The molecular weight excluding hydrogens is 552 g/mol. The van der Waals surface area contributed by atoms with Gasteiger partial charge in [-0.2, -0.15) is 0 Å². The SMILES string of the molecule is O=C(O)C1(C(=O)O)CCCCCCCC(C(=O)O)(C(=O)O)CCCCCCCC(C(=O)O)(C(=O)O)CCCCCCC1. The Hall–Kier alpha value is -3.18. The molecule has 0 aromatic heterocycles. The summed E-state index contributed by atoms with van der Waals surface area (Å²) in [6.07, 6.45) is 6.65. The van der Waals surface area contributed by atoms with Crippen molar-refractivity contribution in [3.05, 3.63) is 0 Å². The quantitative estimate of drug-likeness (QED) is 0.203. The molecule has 0 amide bonds. The molecule has 0 aromatic rings. The molecule has 0 atom stereocenters. The van der Waals surface area contributed by atoms with E-state index in [1.165, 1.54) is 0 Å². The van der Waals surface area contributed by atoms with Crippen molar-refractivity contribution in [1.82, 2.24) is 0 Å². The van der Waals surface area contributed by atoms with Crippen LogP contribution in [0, 0.1) is 16.2 Å². The summed E-state index contributed by atoms with van der Waals surface area (Å²) in [5, 5.41) is 58.7. The normalized spacial score (nSPS) is 22.0. The van der Waals surface area contributed by atoms with Crippen LogP contribution in [-0.2, 0) is 28.8 Å². The summed E-state index contributed by atoms with van der Waals surface area (Å²) in [5.41, 5.74) is -5.80. The third kappa shape index (κ3) is 9.97. The van der Waals surface area contributed by atoms with E-state index in [-0.39, 0.29) is 38.5 Å². The molecule has 0 unspecified atom stereocenters. The van der Waals surface area contributed by atoms with Gasteiger partial charge in [0.25, 0.3) is 0 Å². The lowest BCUT2D eigenvalue weighted by molar-refractivity contribution is -0.168. The lowest BCUT2D eigenvalue weighted by Gasteiger charge is -2.26. The Bertz CT molecular complexity index is 750. The van der Waals surface area contributed by atoms with Gasteiger partial charge in [0.1, 0.15) is 0 Å². The van der Waals surface area contributed by atoms with Crippen LogP contribution in [-0.4, -0.2) is 66.5 Å². The van der Waals surface area contributed by atoms with E-state index in [0.717, 1.165) is 0 Å². The Labute approximate surface area is 246 Å². The van der Waals surface area contributed by atoms with Crippen molar-refractivity contribution in [1.29, 1.82) is 0 Å². The first-order valence-electron chi connectivity index (χ1n) is 15.2. The van der Waals surface area contributed by atoms with Gasteiger partial charge < -0.3 is 30.6 Å². The van der Waals surface area contributed by atoms with E-state index in [9.17, 15) is 59.4 Å². The molecule has 12 heteroatoms. The maximum atomic E-state index is 12.0. The van der Waals surface area contributed by atoms with Crippen LogP contribution >= 0.6 is 0 Å². The maximum absolute atomic E-state index is 12.0. The summed E-state index contributed by atoms with van der Waals surface area (Å²) in [6, 6.07) is 0. The van der Waals surface area contributed by atoms with Gasteiger partial charge in [0.05, 0.1) is 0 Å². The van der Waals surface area contributed by atoms with Crippen molar-refractivity contribution >= 4 is 35.8 Å². The molecule has 0 radical (unpaired) electrons. The number of carboxylic acid groups (broad SMARTS) is 6. The highest BCUT2D eigenvalue weighted by molar-refractivity contribution is 5.99. The first kappa shape index (κ1) is 36.8. The van der Waals surface area contributed by atoms with Crippen LogP contribution in [0.4, 0.5) is 0 Å². The van der Waals surface area contributed by atoms with E-state index < -0.39 is 52.1 Å². The zero-order valence-corrected chi connectivity index (χ0v) is 24.5. The van der Waals surface area contributed by atoms with Crippen LogP contribution in [0.15, 0.2) is 0 Å². The van der Waals surface area contributed by atoms with Gasteiger partial charge in [-0.15, -0.1) is 0 Å². The van der Waals surface area contributed by atoms with Crippen molar-refractivity contribution < 1.29 is 59.4 Å². The molecule has 1 fully saturated rings. The lowest BCUT2D eigenvalue weighted by atomic mass is 9.76. The van der Waals surface area contributed by atoms with Crippen LogP contribution in [0.5, 0.6) is 0 Å². The van der Waals surface area contributed by atoms with Crippen molar-refractivity contribution in [2.75, 3.05) is 0 Å². The number of aliphatic carboxylic acids is 6. The molecular formula is C30H48O12. The fourth-order valence-electron chi connectivity index (χ4n) is 6.08. The van der Waals surface area contributed by atoms with Gasteiger partial charge in [-0.25, -0.2) is 0 Å². The predicted octanol–water partition coefficient (Wildman–Crippen LogP) is 5.66. The lowest BCUT2D eigenvalue weighted by Crippen LogP contribution is -2.39. The molecule has 0 aromatic carbocycles. The zero-order valence-electron chi connectivity index (χ0n) is 24.5. The summed E-state index contributed by atoms with van der Waals surface area (Å²) in [7, 11) is 0. The third-order valence-corrected chi connectivity index (χ3v) is 9.08. The molecule has 1 rings (SSSR count). The maximum Gasteiger partial charge on any atom is 0.321 e. The molecule has 12 nitrogen and oxygen atoms in total. The summed E-state index contributed by atoms with van der Waals surface area (Å²) in [4.78, 5) is 72.1. The minimum atomic E-state index is -1.93. The smallest absolute Gasteiger partial charge is 0.321 e. The van der Waals surface area contributed by atoms with Gasteiger partial charge in [-0.1, -0.05) is 96.3 Å². The largest absolute Gasteiger partial charge is 0.480 e. The molecule has 240 valence electrons. The van der Waals surface area contributed by atoms with Gasteiger partial charge in [0.2, 0.25) is 0 Å². The number of hydrogen-bond donors (Lipinski definition) is 6. The van der Waals surface area contributed by atoms with Crippen LogP contribution in [0.25, 0.3) is 0 Å². The topological polar surface area (TPSA) is 224 Å². The fourth-order valence-corrected chi connectivity index (χ4v) is 6.08. The summed E-state index contributed by atoms with van der Waals surface area (Å²) < 4.78 is 0. The minimum Gasteiger partial charge on any atom is -0.480 e. The van der Waals surface area contributed by atoms with Gasteiger partial charge in [-0.3, -0.25) is 28.8 Å². The Kier molecular flexibility index (Phi) is 15.5. The van der Waals surface area contributed by atoms with Crippen molar-refractivity contribution in [2.45, 2.75) is 135 Å². The molecule has 42 heavy (non-hydrogen) atoms. The number of carbonyl (C=O) groups is 6. The molecule has 0 bridgehead atoms. The average molecular weight is 601 g/mol. The van der Waals surface area contributed by atoms with Crippen molar-refractivity contribution in [3.8, 4) is 0 Å². The molecule has 0 aliphatic heterocycles. The number of hydrogen-bond acceptors (Lipinski definition) is 6. The monoisotopic (exact) mass is 600 g/mol. The highest BCUT2D eigenvalue weighted by atomic mass is 16.4. The van der Waals surface area contributed by atoms with Crippen LogP contribution in [0.1, 0.15) is 135 Å². The first-order chi connectivity index (χ1) is 19.8.